The molecule has 0 bridgehead atoms. The minimum Gasteiger partial charge on any atom is -0.309 e. The van der Waals surface area contributed by atoms with Gasteiger partial charge in [0, 0.05) is 42.2 Å². The average molecular weight is 570 g/mol. The number of thiophene rings is 1. The Morgan fingerprint density at radius 3 is 2.19 bits per heavy atom. The van der Waals surface area contributed by atoms with E-state index in [1.54, 1.807) is 0 Å². The summed E-state index contributed by atoms with van der Waals surface area (Å²) in [6, 6.07) is 49.7. The third-order valence-corrected chi connectivity index (χ3v) is 9.40. The van der Waals surface area contributed by atoms with Crippen LogP contribution in [0.2, 0.25) is 0 Å². The number of benzene rings is 6. The second kappa shape index (κ2) is 10.5. The first-order chi connectivity index (χ1) is 21.3. The molecule has 0 radical (unpaired) electrons. The van der Waals surface area contributed by atoms with Gasteiger partial charge in [-0.3, -0.25) is 4.99 Å². The number of aliphatic imine (C=N–C) groups is 2. The first kappa shape index (κ1) is 25.4. The lowest BCUT2D eigenvalue weighted by molar-refractivity contribution is 1.06. The predicted molar refractivity (Wildman–Crippen MR) is 185 cm³/mol. The SMILES string of the molecule is C=NC(=NCc1ccc(-n2c3ccccc3c3ccc(-c4cccc5c4sc4ccccc45)cc32)cc1)c1ccccc1. The summed E-state index contributed by atoms with van der Waals surface area (Å²) >= 11 is 1.87. The number of aromatic nitrogens is 1. The van der Waals surface area contributed by atoms with Gasteiger partial charge in [0.2, 0.25) is 0 Å². The van der Waals surface area contributed by atoms with Crippen LogP contribution in [-0.4, -0.2) is 17.1 Å². The van der Waals surface area contributed by atoms with E-state index in [9.17, 15) is 0 Å². The van der Waals surface area contributed by atoms with Gasteiger partial charge in [-0.2, -0.15) is 0 Å². The number of amidine groups is 1. The second-order valence-electron chi connectivity index (χ2n) is 10.7. The smallest absolute Gasteiger partial charge is 0.154 e. The van der Waals surface area contributed by atoms with Gasteiger partial charge in [0.15, 0.2) is 5.84 Å². The minimum atomic E-state index is 0.542. The monoisotopic (exact) mass is 569 g/mol. The van der Waals surface area contributed by atoms with E-state index in [0.717, 1.165) is 16.8 Å². The molecule has 204 valence electrons. The van der Waals surface area contributed by atoms with Gasteiger partial charge < -0.3 is 4.57 Å². The second-order valence-corrected chi connectivity index (χ2v) is 11.7. The lowest BCUT2D eigenvalue weighted by Gasteiger charge is -2.10. The van der Waals surface area contributed by atoms with Crippen LogP contribution < -0.4 is 0 Å². The zero-order valence-corrected chi connectivity index (χ0v) is 24.3. The highest BCUT2D eigenvalue weighted by molar-refractivity contribution is 7.26. The van der Waals surface area contributed by atoms with Gasteiger partial charge in [0.1, 0.15) is 0 Å². The summed E-state index contributed by atoms with van der Waals surface area (Å²) in [5, 5.41) is 5.14. The van der Waals surface area contributed by atoms with E-state index < -0.39 is 0 Å². The molecule has 0 spiro atoms. The molecule has 0 N–H and O–H groups in total. The highest BCUT2D eigenvalue weighted by Gasteiger charge is 2.15. The lowest BCUT2D eigenvalue weighted by atomic mass is 10.0. The van der Waals surface area contributed by atoms with Crippen molar-refractivity contribution in [1.82, 2.24) is 4.57 Å². The molecule has 0 aliphatic carbocycles. The molecule has 0 saturated carbocycles. The third-order valence-electron chi connectivity index (χ3n) is 8.18. The fourth-order valence-corrected chi connectivity index (χ4v) is 7.37. The molecule has 0 amide bonds. The summed E-state index contributed by atoms with van der Waals surface area (Å²) in [4.78, 5) is 8.90. The molecular formula is C39H27N3S. The Labute approximate surface area is 253 Å². The summed E-state index contributed by atoms with van der Waals surface area (Å²) in [6.07, 6.45) is 0. The molecule has 2 heterocycles. The summed E-state index contributed by atoms with van der Waals surface area (Å²) in [6.45, 7) is 4.27. The van der Waals surface area contributed by atoms with E-state index in [4.69, 9.17) is 4.99 Å². The molecule has 0 saturated heterocycles. The van der Waals surface area contributed by atoms with Crippen molar-refractivity contribution in [2.75, 3.05) is 0 Å². The van der Waals surface area contributed by atoms with Crippen molar-refractivity contribution >= 4 is 65.9 Å². The molecular weight excluding hydrogens is 543 g/mol. The first-order valence-electron chi connectivity index (χ1n) is 14.4. The highest BCUT2D eigenvalue weighted by atomic mass is 32.1. The van der Waals surface area contributed by atoms with E-state index in [-0.39, 0.29) is 0 Å². The fraction of sp³-hybridized carbons (Fsp3) is 0.0256. The number of nitrogens with zero attached hydrogens (tertiary/aromatic N) is 3. The van der Waals surface area contributed by atoms with Crippen LogP contribution in [0.25, 0.3) is 58.8 Å². The quantitative estimate of drug-likeness (QED) is 0.146. The zero-order chi connectivity index (χ0) is 28.8. The number of rotatable bonds is 5. The van der Waals surface area contributed by atoms with Gasteiger partial charge in [-0.05, 0) is 53.7 Å². The van der Waals surface area contributed by atoms with Crippen LogP contribution in [0.5, 0.6) is 0 Å². The lowest BCUT2D eigenvalue weighted by Crippen LogP contribution is -1.98. The summed E-state index contributed by atoms with van der Waals surface area (Å²) in [5.74, 6) is 0.660. The van der Waals surface area contributed by atoms with Gasteiger partial charge in [0.05, 0.1) is 17.6 Å². The van der Waals surface area contributed by atoms with Gasteiger partial charge in [-0.15, -0.1) is 11.3 Å². The molecule has 2 aromatic heterocycles. The summed E-state index contributed by atoms with van der Waals surface area (Å²) in [7, 11) is 0. The highest BCUT2D eigenvalue weighted by Crippen LogP contribution is 2.41. The Morgan fingerprint density at radius 1 is 0.628 bits per heavy atom. The summed E-state index contributed by atoms with van der Waals surface area (Å²) < 4.78 is 5.04. The predicted octanol–water partition coefficient (Wildman–Crippen LogP) is 10.5. The molecule has 0 aliphatic rings. The number of hydrogen-bond donors (Lipinski definition) is 0. The van der Waals surface area contributed by atoms with E-state index in [1.165, 1.54) is 53.1 Å². The van der Waals surface area contributed by atoms with Crippen molar-refractivity contribution < 1.29 is 0 Å². The van der Waals surface area contributed by atoms with Crippen molar-refractivity contribution in [3.05, 3.63) is 151 Å². The van der Waals surface area contributed by atoms with Crippen molar-refractivity contribution in [3.8, 4) is 16.8 Å². The first-order valence-corrected chi connectivity index (χ1v) is 15.2. The molecule has 0 atom stereocenters. The maximum atomic E-state index is 4.74. The van der Waals surface area contributed by atoms with E-state index in [2.05, 4.69) is 125 Å². The normalized spacial score (nSPS) is 12.0. The van der Waals surface area contributed by atoms with Gasteiger partial charge >= 0.3 is 0 Å². The Balaban J connectivity index is 1.23. The molecule has 43 heavy (non-hydrogen) atoms. The fourth-order valence-electron chi connectivity index (χ4n) is 6.13. The molecule has 0 unspecified atom stereocenters. The Hall–Kier alpha value is -5.32. The van der Waals surface area contributed by atoms with Crippen LogP contribution in [0.4, 0.5) is 0 Å². The molecule has 8 aromatic rings. The van der Waals surface area contributed by atoms with Gasteiger partial charge in [-0.1, -0.05) is 109 Å². The maximum Gasteiger partial charge on any atom is 0.154 e. The van der Waals surface area contributed by atoms with E-state index in [1.807, 2.05) is 41.7 Å². The number of para-hydroxylation sites is 1. The number of fused-ring (bicyclic) bond motifs is 6. The van der Waals surface area contributed by atoms with Crippen LogP contribution >= 0.6 is 11.3 Å². The van der Waals surface area contributed by atoms with Crippen molar-refractivity contribution in [2.45, 2.75) is 6.54 Å². The van der Waals surface area contributed by atoms with Gasteiger partial charge in [0.25, 0.3) is 0 Å². The van der Waals surface area contributed by atoms with Crippen LogP contribution in [-0.2, 0) is 6.54 Å². The Morgan fingerprint density at radius 2 is 1.35 bits per heavy atom. The van der Waals surface area contributed by atoms with Crippen molar-refractivity contribution in [1.29, 1.82) is 0 Å². The molecule has 4 heteroatoms. The molecule has 8 rings (SSSR count). The number of hydrogen-bond acceptors (Lipinski definition) is 2. The molecule has 6 aromatic carbocycles. The molecule has 0 aliphatic heterocycles. The maximum absolute atomic E-state index is 4.74. The van der Waals surface area contributed by atoms with Crippen LogP contribution in [0, 0.1) is 0 Å². The standard InChI is InChI=1S/C39H27N3S/c1-40-39(27-10-3-2-4-11-27)41-25-26-18-21-29(22-19-26)42-35-16-7-5-12-31(35)32-23-20-28(24-36(32)42)30-14-9-15-34-33-13-6-8-17-37(33)43-38(30)34/h2-24H,1,25H2. The largest absolute Gasteiger partial charge is 0.309 e. The van der Waals surface area contributed by atoms with Crippen LogP contribution in [0.15, 0.2) is 150 Å². The van der Waals surface area contributed by atoms with Crippen molar-refractivity contribution in [3.63, 3.8) is 0 Å². The average Bonchev–Trinajstić information content (AvgIpc) is 3.61. The zero-order valence-electron chi connectivity index (χ0n) is 23.4. The third kappa shape index (κ3) is 4.35. The molecule has 3 nitrogen and oxygen atoms in total. The van der Waals surface area contributed by atoms with Crippen molar-refractivity contribution in [2.24, 2.45) is 9.98 Å². The minimum absolute atomic E-state index is 0.542. The van der Waals surface area contributed by atoms with E-state index in [0.29, 0.717) is 12.4 Å². The Bertz CT molecular complexity index is 2320. The topological polar surface area (TPSA) is 29.6 Å². The molecule has 0 fully saturated rings. The Kier molecular flexibility index (Phi) is 6.20. The van der Waals surface area contributed by atoms with Gasteiger partial charge in [-0.25, -0.2) is 4.99 Å². The van der Waals surface area contributed by atoms with E-state index >= 15 is 0 Å². The van der Waals surface area contributed by atoms with Crippen LogP contribution in [0.3, 0.4) is 0 Å². The van der Waals surface area contributed by atoms with Crippen LogP contribution in [0.1, 0.15) is 11.1 Å². The summed E-state index contributed by atoms with van der Waals surface area (Å²) in [5.41, 5.74) is 8.12.